The van der Waals surface area contributed by atoms with Crippen molar-refractivity contribution in [2.24, 2.45) is 0 Å². The number of ketones is 1. The minimum absolute atomic E-state index is 0.0990. The van der Waals surface area contributed by atoms with Crippen molar-refractivity contribution in [3.63, 3.8) is 0 Å². The third kappa shape index (κ3) is 3.74. The average molecular weight is 367 g/mol. The lowest BCUT2D eigenvalue weighted by Crippen LogP contribution is -2.18. The molecule has 0 atom stereocenters. The highest BCUT2D eigenvalue weighted by Crippen LogP contribution is 2.30. The van der Waals surface area contributed by atoms with Crippen LogP contribution < -0.4 is 9.47 Å². The maximum absolute atomic E-state index is 12.2. The Hall–Kier alpha value is -3.42. The summed E-state index contributed by atoms with van der Waals surface area (Å²) in [5.41, 5.74) is 2.02. The zero-order valence-electron chi connectivity index (χ0n) is 14.5. The lowest BCUT2D eigenvalue weighted by atomic mass is 10.1. The van der Waals surface area contributed by atoms with E-state index < -0.39 is 5.97 Å². The summed E-state index contributed by atoms with van der Waals surface area (Å²) in [6.07, 6.45) is 0.0990. The Labute approximate surface area is 154 Å². The normalized spacial score (nSPS) is 12.7. The Bertz CT molecular complexity index is 998. The number of aryl methyl sites for hydroxylation is 1. The first-order valence-electron chi connectivity index (χ1n) is 8.57. The number of hydrogen-bond donors (Lipinski definition) is 0. The van der Waals surface area contributed by atoms with Gasteiger partial charge >= 0.3 is 5.97 Å². The van der Waals surface area contributed by atoms with E-state index in [0.717, 1.165) is 11.0 Å². The Morgan fingerprint density at radius 2 is 1.89 bits per heavy atom. The molecule has 0 aliphatic carbocycles. The van der Waals surface area contributed by atoms with Gasteiger partial charge in [0.15, 0.2) is 23.9 Å². The van der Waals surface area contributed by atoms with Crippen molar-refractivity contribution in [2.45, 2.75) is 13.0 Å². The number of para-hydroxylation sites is 1. The van der Waals surface area contributed by atoms with Crippen LogP contribution in [0.5, 0.6) is 11.5 Å². The van der Waals surface area contributed by atoms with Gasteiger partial charge in [-0.2, -0.15) is 0 Å². The molecule has 0 radical (unpaired) electrons. The van der Waals surface area contributed by atoms with Crippen LogP contribution in [-0.2, 0) is 16.1 Å². The number of hydrogen-bond acceptors (Lipinski definition) is 7. The van der Waals surface area contributed by atoms with Crippen molar-refractivity contribution in [1.29, 1.82) is 0 Å². The van der Waals surface area contributed by atoms with Crippen LogP contribution in [0.4, 0.5) is 0 Å². The molecule has 0 saturated heterocycles. The number of rotatable bonds is 6. The fourth-order valence-corrected chi connectivity index (χ4v) is 2.80. The fourth-order valence-electron chi connectivity index (χ4n) is 2.80. The molecule has 0 unspecified atom stereocenters. The van der Waals surface area contributed by atoms with E-state index >= 15 is 0 Å². The van der Waals surface area contributed by atoms with E-state index in [2.05, 4.69) is 10.3 Å². The van der Waals surface area contributed by atoms with E-state index in [1.807, 2.05) is 24.3 Å². The van der Waals surface area contributed by atoms with Gasteiger partial charge in [-0.05, 0) is 30.3 Å². The van der Waals surface area contributed by atoms with Gasteiger partial charge < -0.3 is 14.2 Å². The zero-order valence-corrected chi connectivity index (χ0v) is 14.5. The number of nitrogens with zero attached hydrogens (tertiary/aromatic N) is 3. The van der Waals surface area contributed by atoms with Crippen LogP contribution >= 0.6 is 0 Å². The molecule has 0 N–H and O–H groups in total. The van der Waals surface area contributed by atoms with E-state index in [-0.39, 0.29) is 18.8 Å². The Morgan fingerprint density at radius 1 is 1.07 bits per heavy atom. The molecule has 0 saturated carbocycles. The van der Waals surface area contributed by atoms with Crippen molar-refractivity contribution in [3.8, 4) is 11.5 Å². The Balaban J connectivity index is 1.30. The summed E-state index contributed by atoms with van der Waals surface area (Å²) in [5, 5.41) is 8.05. The predicted molar refractivity (Wildman–Crippen MR) is 94.9 cm³/mol. The monoisotopic (exact) mass is 367 g/mol. The standard InChI is InChI=1S/C19H17N3O5/c23-16(13-5-6-17-18(11-13)26-10-9-25-17)12-27-19(24)7-8-22-15-4-2-1-3-14(15)20-21-22/h1-6,11H,7-10,12H2. The molecule has 0 spiro atoms. The van der Waals surface area contributed by atoms with Gasteiger partial charge in [0.2, 0.25) is 0 Å². The third-order valence-corrected chi connectivity index (χ3v) is 4.18. The van der Waals surface area contributed by atoms with Crippen LogP contribution in [0.3, 0.4) is 0 Å². The smallest absolute Gasteiger partial charge is 0.308 e. The first kappa shape index (κ1) is 17.0. The summed E-state index contributed by atoms with van der Waals surface area (Å²) in [5.74, 6) is 0.360. The molecule has 2 heterocycles. The highest BCUT2D eigenvalue weighted by Gasteiger charge is 2.16. The SMILES string of the molecule is O=C(CCn1nnc2ccccc21)OCC(=O)c1ccc2c(c1)OCCO2. The number of Topliss-reactive ketones (excluding diaryl/α,β-unsaturated/α-hetero) is 1. The van der Waals surface area contributed by atoms with Crippen LogP contribution in [0.2, 0.25) is 0 Å². The first-order chi connectivity index (χ1) is 13.2. The van der Waals surface area contributed by atoms with Crippen LogP contribution in [0.25, 0.3) is 11.0 Å². The highest BCUT2D eigenvalue weighted by atomic mass is 16.6. The second-order valence-electron chi connectivity index (χ2n) is 5.99. The van der Waals surface area contributed by atoms with E-state index in [1.54, 1.807) is 22.9 Å². The lowest BCUT2D eigenvalue weighted by molar-refractivity contribution is -0.142. The predicted octanol–water partition coefficient (Wildman–Crippen LogP) is 2.02. The minimum Gasteiger partial charge on any atom is -0.486 e. The summed E-state index contributed by atoms with van der Waals surface area (Å²) in [6, 6.07) is 12.4. The quantitative estimate of drug-likeness (QED) is 0.486. The van der Waals surface area contributed by atoms with Gasteiger partial charge in [-0.15, -0.1) is 5.10 Å². The lowest BCUT2D eigenvalue weighted by Gasteiger charge is -2.18. The average Bonchev–Trinajstić information content (AvgIpc) is 3.13. The number of aromatic nitrogens is 3. The molecule has 1 aliphatic rings. The van der Waals surface area contributed by atoms with Gasteiger partial charge in [0, 0.05) is 5.56 Å². The maximum atomic E-state index is 12.2. The number of carbonyl (C=O) groups is 2. The molecule has 8 nitrogen and oxygen atoms in total. The number of ether oxygens (including phenoxy) is 3. The molecule has 8 heteroatoms. The molecular formula is C19H17N3O5. The topological polar surface area (TPSA) is 92.5 Å². The third-order valence-electron chi connectivity index (χ3n) is 4.18. The van der Waals surface area contributed by atoms with Crippen LogP contribution in [0, 0.1) is 0 Å². The molecule has 27 heavy (non-hydrogen) atoms. The van der Waals surface area contributed by atoms with E-state index in [4.69, 9.17) is 14.2 Å². The molecule has 4 rings (SSSR count). The Morgan fingerprint density at radius 3 is 2.78 bits per heavy atom. The van der Waals surface area contributed by atoms with Crippen LogP contribution in [0.15, 0.2) is 42.5 Å². The maximum Gasteiger partial charge on any atom is 0.308 e. The van der Waals surface area contributed by atoms with E-state index in [0.29, 0.717) is 36.8 Å². The van der Waals surface area contributed by atoms with E-state index in [1.165, 1.54) is 0 Å². The zero-order chi connectivity index (χ0) is 18.6. The Kier molecular flexibility index (Phi) is 4.69. The van der Waals surface area contributed by atoms with Crippen molar-refractivity contribution >= 4 is 22.8 Å². The molecular weight excluding hydrogens is 350 g/mol. The van der Waals surface area contributed by atoms with Gasteiger partial charge in [-0.3, -0.25) is 9.59 Å². The van der Waals surface area contributed by atoms with Gasteiger partial charge in [0.1, 0.15) is 18.7 Å². The molecule has 1 aromatic heterocycles. The van der Waals surface area contributed by atoms with Crippen molar-refractivity contribution in [2.75, 3.05) is 19.8 Å². The molecule has 2 aromatic carbocycles. The van der Waals surface area contributed by atoms with Crippen molar-refractivity contribution in [3.05, 3.63) is 48.0 Å². The summed E-state index contributed by atoms with van der Waals surface area (Å²) in [4.78, 5) is 24.2. The molecule has 3 aromatic rings. The number of carbonyl (C=O) groups excluding carboxylic acids is 2. The fraction of sp³-hybridized carbons (Fsp3) is 0.263. The number of benzene rings is 2. The van der Waals surface area contributed by atoms with E-state index in [9.17, 15) is 9.59 Å². The van der Waals surface area contributed by atoms with Crippen molar-refractivity contribution in [1.82, 2.24) is 15.0 Å². The summed E-state index contributed by atoms with van der Waals surface area (Å²) >= 11 is 0. The minimum atomic E-state index is -0.472. The first-order valence-corrected chi connectivity index (χ1v) is 8.57. The number of esters is 1. The van der Waals surface area contributed by atoms with Crippen LogP contribution in [-0.4, -0.2) is 46.6 Å². The molecule has 0 bridgehead atoms. The van der Waals surface area contributed by atoms with Crippen molar-refractivity contribution < 1.29 is 23.8 Å². The van der Waals surface area contributed by atoms with Crippen LogP contribution in [0.1, 0.15) is 16.8 Å². The van der Waals surface area contributed by atoms with Gasteiger partial charge in [0.05, 0.1) is 18.5 Å². The second kappa shape index (κ2) is 7.45. The molecule has 0 amide bonds. The summed E-state index contributed by atoms with van der Waals surface area (Å²) in [6.45, 7) is 0.934. The molecule has 0 fully saturated rings. The molecule has 138 valence electrons. The van der Waals surface area contributed by atoms with Gasteiger partial charge in [0.25, 0.3) is 0 Å². The van der Waals surface area contributed by atoms with Gasteiger partial charge in [-0.25, -0.2) is 4.68 Å². The molecule has 1 aliphatic heterocycles. The van der Waals surface area contributed by atoms with Gasteiger partial charge in [-0.1, -0.05) is 17.3 Å². The summed E-state index contributed by atoms with van der Waals surface area (Å²) < 4.78 is 17.6. The highest BCUT2D eigenvalue weighted by molar-refractivity contribution is 5.98. The number of fused-ring (bicyclic) bond motifs is 2. The second-order valence-corrected chi connectivity index (χ2v) is 5.99. The largest absolute Gasteiger partial charge is 0.486 e. The summed E-state index contributed by atoms with van der Waals surface area (Å²) in [7, 11) is 0.